The van der Waals surface area contributed by atoms with Gasteiger partial charge in [-0.3, -0.25) is 0 Å². The van der Waals surface area contributed by atoms with Gasteiger partial charge in [0.2, 0.25) is 0 Å². The summed E-state index contributed by atoms with van der Waals surface area (Å²) in [5.41, 5.74) is 4.02. The molecule has 0 fully saturated rings. The Morgan fingerprint density at radius 1 is 0.548 bits per heavy atom. The van der Waals surface area contributed by atoms with E-state index in [9.17, 15) is 16.8 Å². The first-order valence-corrected chi connectivity index (χ1v) is 17.9. The molecule has 4 bridgehead atoms. The first-order chi connectivity index (χ1) is 19.5. The topological polar surface area (TPSA) is 77.5 Å². The van der Waals surface area contributed by atoms with Crippen LogP contribution in [-0.2, 0) is 53.5 Å². The molecule has 42 heavy (non-hydrogen) atoms. The van der Waals surface area contributed by atoms with E-state index in [1.54, 1.807) is 0 Å². The molecule has 0 aliphatic carbocycles. The molecule has 0 saturated carbocycles. The fourth-order valence-corrected chi connectivity index (χ4v) is 9.46. The quantitative estimate of drug-likeness (QED) is 0.184. The zero-order valence-corrected chi connectivity index (χ0v) is 27.0. The van der Waals surface area contributed by atoms with Gasteiger partial charge in [-0.15, -0.1) is 0 Å². The molecule has 0 saturated heterocycles. The van der Waals surface area contributed by atoms with Gasteiger partial charge in [0.25, 0.3) is 0 Å². The Labute approximate surface area is 249 Å². The molecule has 0 aromatic heterocycles. The number of fused-ring (bicyclic) bond motifs is 6. The molecule has 1 aliphatic heterocycles. The number of methoxy groups -OCH3 is 1. The summed E-state index contributed by atoms with van der Waals surface area (Å²) in [6.07, 6.45) is 0. The van der Waals surface area contributed by atoms with Gasteiger partial charge in [-0.2, -0.15) is 0 Å². The van der Waals surface area contributed by atoms with Crippen LogP contribution in [0.2, 0.25) is 0 Å². The van der Waals surface area contributed by atoms with Gasteiger partial charge >= 0.3 is 0 Å². The Balaban J connectivity index is 1.65. The molecule has 7 heteroatoms. The van der Waals surface area contributed by atoms with Crippen molar-refractivity contribution >= 4 is 52.0 Å². The predicted octanol–water partition coefficient (Wildman–Crippen LogP) is 7.73. The zero-order chi connectivity index (χ0) is 30.4. The lowest BCUT2D eigenvalue weighted by atomic mass is 9.82. The largest absolute Gasteiger partial charge is 0.496 e. The third-order valence-corrected chi connectivity index (χ3v) is 11.6. The van der Waals surface area contributed by atoms with Gasteiger partial charge in [-0.1, -0.05) is 96.1 Å². The second-order valence-electron chi connectivity index (χ2n) is 14.0. The SMILES string of the molecule is COc1c2cc(C(C)(C)C)cc1CS(=O)(=O)Cc1cc(c3ccc4cc(C(C)(C)C)cc5ccc1c3c45)CS(=O)(=O)C2. The summed E-state index contributed by atoms with van der Waals surface area (Å²) in [7, 11) is -5.83. The van der Waals surface area contributed by atoms with Gasteiger partial charge < -0.3 is 4.74 Å². The van der Waals surface area contributed by atoms with Crippen LogP contribution in [0.3, 0.4) is 0 Å². The first kappa shape index (κ1) is 28.9. The molecule has 0 spiro atoms. The van der Waals surface area contributed by atoms with E-state index in [-0.39, 0.29) is 33.8 Å². The summed E-state index contributed by atoms with van der Waals surface area (Å²) in [6, 6.07) is 18.1. The Morgan fingerprint density at radius 2 is 0.952 bits per heavy atom. The molecule has 5 aromatic carbocycles. The average Bonchev–Trinajstić information content (AvgIpc) is 2.85. The maximum Gasteiger partial charge on any atom is 0.158 e. The van der Waals surface area contributed by atoms with Crippen LogP contribution in [0, 0.1) is 0 Å². The Morgan fingerprint density at radius 3 is 1.36 bits per heavy atom. The highest BCUT2D eigenvalue weighted by Crippen LogP contribution is 2.42. The van der Waals surface area contributed by atoms with Crippen LogP contribution in [0.15, 0.2) is 54.6 Å². The van der Waals surface area contributed by atoms with E-state index in [2.05, 4.69) is 45.0 Å². The number of hydrogen-bond donors (Lipinski definition) is 0. The van der Waals surface area contributed by atoms with E-state index in [0.717, 1.165) is 37.9 Å². The Hall–Kier alpha value is -3.16. The number of hydrogen-bond acceptors (Lipinski definition) is 5. The Kier molecular flexibility index (Phi) is 6.49. The number of benzene rings is 5. The van der Waals surface area contributed by atoms with Crippen molar-refractivity contribution in [1.82, 2.24) is 0 Å². The van der Waals surface area contributed by atoms with E-state index in [1.807, 2.05) is 51.1 Å². The molecule has 0 unspecified atom stereocenters. The third kappa shape index (κ3) is 5.05. The lowest BCUT2D eigenvalue weighted by Crippen LogP contribution is -2.18. The molecule has 5 aromatic rings. The summed E-state index contributed by atoms with van der Waals surface area (Å²) >= 11 is 0. The molecule has 0 radical (unpaired) electrons. The van der Waals surface area contributed by atoms with Gasteiger partial charge in [0.15, 0.2) is 19.7 Å². The lowest BCUT2D eigenvalue weighted by molar-refractivity contribution is 0.406. The summed E-state index contributed by atoms with van der Waals surface area (Å²) in [6.45, 7) is 12.7. The van der Waals surface area contributed by atoms with Gasteiger partial charge in [0, 0.05) is 11.1 Å². The van der Waals surface area contributed by atoms with Crippen molar-refractivity contribution in [1.29, 1.82) is 0 Å². The molecule has 0 atom stereocenters. The van der Waals surface area contributed by atoms with Crippen molar-refractivity contribution in [2.45, 2.75) is 75.4 Å². The maximum atomic E-state index is 13.9. The van der Waals surface area contributed by atoms with Gasteiger partial charge in [0.05, 0.1) is 30.1 Å². The first-order valence-electron chi connectivity index (χ1n) is 14.3. The van der Waals surface area contributed by atoms with Crippen LogP contribution in [0.25, 0.3) is 32.3 Å². The molecule has 0 amide bonds. The highest BCUT2D eigenvalue weighted by atomic mass is 32.2. The van der Waals surface area contributed by atoms with Crippen LogP contribution >= 0.6 is 0 Å². The standard InChI is InChI=1S/C35H38O5S2/c1-34(2,3)27-13-21-8-10-29-23-12-24(30-11-9-22(14-27)31(21)32(29)30)18-42(38,39)20-26-16-28(35(4,5)6)15-25(33(26)40-7)19-41(36,37)17-23/h8-16H,17-20H2,1-7H3. The second kappa shape index (κ2) is 9.42. The third-order valence-electron chi connectivity index (χ3n) is 8.57. The van der Waals surface area contributed by atoms with E-state index in [1.165, 1.54) is 12.7 Å². The molecule has 1 heterocycles. The van der Waals surface area contributed by atoms with Crippen LogP contribution in [-0.4, -0.2) is 23.9 Å². The highest BCUT2D eigenvalue weighted by Gasteiger charge is 2.29. The average molecular weight is 603 g/mol. The summed E-state index contributed by atoms with van der Waals surface area (Å²) in [5, 5.41) is 5.82. The van der Waals surface area contributed by atoms with Crippen LogP contribution in [0.5, 0.6) is 5.75 Å². The van der Waals surface area contributed by atoms with Gasteiger partial charge in [-0.05, 0) is 65.4 Å². The van der Waals surface area contributed by atoms with Crippen molar-refractivity contribution in [3.05, 3.63) is 88.0 Å². The van der Waals surface area contributed by atoms with Gasteiger partial charge in [0.1, 0.15) is 5.75 Å². The molecule has 5 nitrogen and oxygen atoms in total. The molecule has 0 N–H and O–H groups in total. The monoisotopic (exact) mass is 602 g/mol. The van der Waals surface area contributed by atoms with E-state index in [4.69, 9.17) is 4.74 Å². The molecule has 1 aliphatic rings. The van der Waals surface area contributed by atoms with Crippen molar-refractivity contribution in [2.75, 3.05) is 7.11 Å². The smallest absolute Gasteiger partial charge is 0.158 e. The van der Waals surface area contributed by atoms with Crippen molar-refractivity contribution in [2.24, 2.45) is 0 Å². The summed E-state index contributed by atoms with van der Waals surface area (Å²) < 4.78 is 61.3. The minimum Gasteiger partial charge on any atom is -0.496 e. The normalized spacial score (nSPS) is 17.3. The maximum absolute atomic E-state index is 13.9. The van der Waals surface area contributed by atoms with Crippen LogP contribution in [0.1, 0.15) is 74.9 Å². The van der Waals surface area contributed by atoms with Crippen LogP contribution < -0.4 is 4.74 Å². The fraction of sp³-hybridized carbons (Fsp3) is 0.371. The number of sulfone groups is 2. The lowest BCUT2D eigenvalue weighted by Gasteiger charge is -2.25. The molecule has 6 rings (SSSR count). The molecular weight excluding hydrogens is 565 g/mol. The van der Waals surface area contributed by atoms with E-state index in [0.29, 0.717) is 28.0 Å². The van der Waals surface area contributed by atoms with Crippen molar-refractivity contribution in [3.63, 3.8) is 0 Å². The minimum atomic E-state index is -3.65. The van der Waals surface area contributed by atoms with Crippen molar-refractivity contribution < 1.29 is 21.6 Å². The second-order valence-corrected chi connectivity index (χ2v) is 18.1. The molecule has 220 valence electrons. The fourth-order valence-electron chi connectivity index (χ4n) is 6.45. The van der Waals surface area contributed by atoms with E-state index >= 15 is 0 Å². The number of rotatable bonds is 1. The summed E-state index contributed by atoms with van der Waals surface area (Å²) in [5.74, 6) is -0.520. The summed E-state index contributed by atoms with van der Waals surface area (Å²) in [4.78, 5) is 0. The minimum absolute atomic E-state index is 0.0412. The zero-order valence-electron chi connectivity index (χ0n) is 25.4. The van der Waals surface area contributed by atoms with Crippen LogP contribution in [0.4, 0.5) is 0 Å². The molecular formula is C35H38O5S2. The Bertz CT molecular complexity index is 1980. The van der Waals surface area contributed by atoms with Crippen molar-refractivity contribution in [3.8, 4) is 5.75 Å². The van der Waals surface area contributed by atoms with E-state index < -0.39 is 19.7 Å². The predicted molar refractivity (Wildman–Crippen MR) is 173 cm³/mol. The van der Waals surface area contributed by atoms with Gasteiger partial charge in [-0.25, -0.2) is 16.8 Å². The highest BCUT2D eigenvalue weighted by molar-refractivity contribution is 7.90. The number of ether oxygens (including phenoxy) is 1.